The highest BCUT2D eigenvalue weighted by atomic mass is 28.4. The van der Waals surface area contributed by atoms with Crippen molar-refractivity contribution in [3.8, 4) is 0 Å². The van der Waals surface area contributed by atoms with Gasteiger partial charge >= 0.3 is 8.72 Å². The lowest BCUT2D eigenvalue weighted by atomic mass is 10.4. The lowest BCUT2D eigenvalue weighted by molar-refractivity contribution is -0.0292. The molecule has 5 nitrogen and oxygen atoms in total. The average molecular weight is 260 g/mol. The zero-order chi connectivity index (χ0) is 12.3. The molecule has 17 heavy (non-hydrogen) atoms. The Morgan fingerprint density at radius 2 is 1.82 bits per heavy atom. The number of rotatable bonds is 1. The molecule has 2 aliphatic rings. The molecule has 0 saturated carbocycles. The summed E-state index contributed by atoms with van der Waals surface area (Å²) in [5, 5.41) is 0. The van der Waals surface area contributed by atoms with E-state index in [1.807, 2.05) is 0 Å². The molecular weight excluding hydrogens is 236 g/mol. The van der Waals surface area contributed by atoms with Crippen LogP contribution < -0.4 is 0 Å². The van der Waals surface area contributed by atoms with Crippen LogP contribution in [0.2, 0.25) is 6.55 Å². The van der Waals surface area contributed by atoms with Crippen molar-refractivity contribution in [3.63, 3.8) is 0 Å². The first-order valence-electron chi connectivity index (χ1n) is 6.43. The van der Waals surface area contributed by atoms with Crippen molar-refractivity contribution >= 4 is 8.72 Å². The number of piperazine rings is 1. The summed E-state index contributed by atoms with van der Waals surface area (Å²) in [6.45, 7) is 10.5. The Hall–Kier alpha value is 0.0169. The van der Waals surface area contributed by atoms with Crippen molar-refractivity contribution in [2.75, 3.05) is 53.0 Å². The number of hydrogen-bond donors (Lipinski definition) is 0. The summed E-state index contributed by atoms with van der Waals surface area (Å²) >= 11 is 0. The highest BCUT2D eigenvalue weighted by Crippen LogP contribution is 2.19. The van der Waals surface area contributed by atoms with Gasteiger partial charge in [-0.15, -0.1) is 0 Å². The molecule has 0 spiro atoms. The molecule has 2 fully saturated rings. The molecule has 0 N–H and O–H groups in total. The van der Waals surface area contributed by atoms with Crippen LogP contribution >= 0.6 is 0 Å². The van der Waals surface area contributed by atoms with Crippen molar-refractivity contribution in [1.82, 2.24) is 9.47 Å². The minimum atomic E-state index is -2.18. The third-order valence-corrected chi connectivity index (χ3v) is 6.62. The van der Waals surface area contributed by atoms with Gasteiger partial charge in [-0.1, -0.05) is 0 Å². The maximum absolute atomic E-state index is 6.15. The largest absolute Gasteiger partial charge is 0.425 e. The van der Waals surface area contributed by atoms with E-state index in [-0.39, 0.29) is 6.10 Å². The van der Waals surface area contributed by atoms with Gasteiger partial charge in [0.2, 0.25) is 0 Å². The number of ether oxygens (including phenoxy) is 1. The van der Waals surface area contributed by atoms with Crippen LogP contribution in [0.15, 0.2) is 0 Å². The van der Waals surface area contributed by atoms with Gasteiger partial charge in [0.25, 0.3) is 0 Å². The molecule has 2 aliphatic heterocycles. The molecule has 0 aromatic rings. The Morgan fingerprint density at radius 3 is 2.53 bits per heavy atom. The molecule has 2 atom stereocenters. The summed E-state index contributed by atoms with van der Waals surface area (Å²) < 4.78 is 20.0. The molecule has 0 bridgehead atoms. The third kappa shape index (κ3) is 3.49. The van der Waals surface area contributed by atoms with Crippen LogP contribution in [0.4, 0.5) is 0 Å². The molecule has 2 saturated heterocycles. The zero-order valence-corrected chi connectivity index (χ0v) is 12.1. The lowest BCUT2D eigenvalue weighted by Gasteiger charge is -2.43. The van der Waals surface area contributed by atoms with Crippen LogP contribution in [0.3, 0.4) is 0 Å². The van der Waals surface area contributed by atoms with Gasteiger partial charge in [0, 0.05) is 26.2 Å². The maximum Gasteiger partial charge on any atom is 0.425 e. The molecule has 6 heteroatoms. The predicted octanol–water partition coefficient (Wildman–Crippen LogP) is 0.254. The molecule has 0 radical (unpaired) electrons. The Kier molecular flexibility index (Phi) is 4.57. The summed E-state index contributed by atoms with van der Waals surface area (Å²) in [6, 6.07) is 0. The molecule has 0 aromatic carbocycles. The smallest absolute Gasteiger partial charge is 0.380 e. The fourth-order valence-electron chi connectivity index (χ4n) is 2.36. The van der Waals surface area contributed by atoms with Gasteiger partial charge in [-0.25, -0.2) is 0 Å². The Balaban J connectivity index is 1.98. The van der Waals surface area contributed by atoms with E-state index < -0.39 is 8.72 Å². The monoisotopic (exact) mass is 260 g/mol. The van der Waals surface area contributed by atoms with E-state index in [9.17, 15) is 0 Å². The summed E-state index contributed by atoms with van der Waals surface area (Å²) in [5.74, 6) is 0. The number of likely N-dealkylation sites (N-methyl/N-ethyl adjacent to an activating group) is 1. The molecule has 2 unspecified atom stereocenters. The molecule has 0 aromatic heterocycles. The van der Waals surface area contributed by atoms with E-state index in [0.717, 1.165) is 26.2 Å². The molecule has 100 valence electrons. The van der Waals surface area contributed by atoms with Crippen molar-refractivity contribution in [2.24, 2.45) is 0 Å². The molecule has 2 heterocycles. The van der Waals surface area contributed by atoms with Crippen molar-refractivity contribution in [3.05, 3.63) is 0 Å². The standard InChI is InChI=1S/C11H24N2O3Si/c1-11-10-14-8-9-15-17(3,16-11)13-6-4-12(2)5-7-13/h11H,4-10H2,1-3H3. The summed E-state index contributed by atoms with van der Waals surface area (Å²) in [7, 11) is -0.0201. The first-order chi connectivity index (χ1) is 8.10. The fraction of sp³-hybridized carbons (Fsp3) is 1.00. The molecule has 0 amide bonds. The van der Waals surface area contributed by atoms with E-state index in [1.165, 1.54) is 0 Å². The Labute approximate surface area is 105 Å². The summed E-state index contributed by atoms with van der Waals surface area (Å²) in [5.41, 5.74) is 0. The molecular formula is C11H24N2O3Si. The summed E-state index contributed by atoms with van der Waals surface area (Å²) in [6.07, 6.45) is 0.131. The van der Waals surface area contributed by atoms with Gasteiger partial charge in [0.05, 0.1) is 25.9 Å². The van der Waals surface area contributed by atoms with E-state index >= 15 is 0 Å². The van der Waals surface area contributed by atoms with Gasteiger partial charge in [0.15, 0.2) is 0 Å². The molecule has 0 aliphatic carbocycles. The van der Waals surface area contributed by atoms with Crippen LogP contribution in [-0.4, -0.2) is 77.3 Å². The van der Waals surface area contributed by atoms with Gasteiger partial charge in [-0.2, -0.15) is 0 Å². The minimum absolute atomic E-state index is 0.131. The lowest BCUT2D eigenvalue weighted by Crippen LogP contribution is -2.63. The van der Waals surface area contributed by atoms with Gasteiger partial charge in [0.1, 0.15) is 0 Å². The Morgan fingerprint density at radius 1 is 1.12 bits per heavy atom. The van der Waals surface area contributed by atoms with E-state index in [4.69, 9.17) is 13.6 Å². The topological polar surface area (TPSA) is 34.2 Å². The highest BCUT2D eigenvalue weighted by molar-refractivity contribution is 6.63. The van der Waals surface area contributed by atoms with E-state index in [1.54, 1.807) is 0 Å². The van der Waals surface area contributed by atoms with Crippen LogP contribution in [0.1, 0.15) is 6.92 Å². The normalized spacial score (nSPS) is 38.6. The predicted molar refractivity (Wildman–Crippen MR) is 68.0 cm³/mol. The SMILES string of the molecule is CC1COCCO[Si](C)(N2CCN(C)CC2)O1. The number of hydrogen-bond acceptors (Lipinski definition) is 5. The number of nitrogens with zero attached hydrogens (tertiary/aromatic N) is 2. The maximum atomic E-state index is 6.15. The first kappa shape index (κ1) is 13.4. The van der Waals surface area contributed by atoms with Crippen LogP contribution in [-0.2, 0) is 13.6 Å². The Bertz CT molecular complexity index is 249. The third-order valence-electron chi connectivity index (χ3n) is 3.45. The second kappa shape index (κ2) is 5.77. The average Bonchev–Trinajstić information content (AvgIpc) is 2.27. The van der Waals surface area contributed by atoms with Crippen LogP contribution in [0.25, 0.3) is 0 Å². The van der Waals surface area contributed by atoms with Crippen molar-refractivity contribution in [1.29, 1.82) is 0 Å². The van der Waals surface area contributed by atoms with Gasteiger partial charge in [-0.3, -0.25) is 4.57 Å². The first-order valence-corrected chi connectivity index (χ1v) is 8.70. The van der Waals surface area contributed by atoms with E-state index in [0.29, 0.717) is 19.8 Å². The van der Waals surface area contributed by atoms with Crippen LogP contribution in [0, 0.1) is 0 Å². The van der Waals surface area contributed by atoms with Gasteiger partial charge in [-0.05, 0) is 20.5 Å². The van der Waals surface area contributed by atoms with Gasteiger partial charge < -0.3 is 18.5 Å². The minimum Gasteiger partial charge on any atom is -0.380 e. The van der Waals surface area contributed by atoms with Crippen molar-refractivity contribution < 1.29 is 13.6 Å². The zero-order valence-electron chi connectivity index (χ0n) is 11.1. The second-order valence-corrected chi connectivity index (χ2v) is 7.99. The quantitative estimate of drug-likeness (QED) is 0.632. The highest BCUT2D eigenvalue weighted by Gasteiger charge is 2.43. The summed E-state index contributed by atoms with van der Waals surface area (Å²) in [4.78, 5) is 2.35. The van der Waals surface area contributed by atoms with Crippen LogP contribution in [0.5, 0.6) is 0 Å². The van der Waals surface area contributed by atoms with Crippen molar-refractivity contribution in [2.45, 2.75) is 19.6 Å². The van der Waals surface area contributed by atoms with E-state index in [2.05, 4.69) is 30.0 Å². The second-order valence-electron chi connectivity index (χ2n) is 5.04. The molecule has 2 rings (SSSR count). The fourth-order valence-corrected chi connectivity index (χ4v) is 5.05.